The molecule has 0 saturated carbocycles. The number of furan rings is 1. The summed E-state index contributed by atoms with van der Waals surface area (Å²) in [5.41, 5.74) is 8.64. The number of nitrogens with zero attached hydrogens (tertiary/aromatic N) is 1. The number of halogens is 3. The number of amides is 3. The normalized spacial score (nSPS) is 11.0. The van der Waals surface area contributed by atoms with Crippen LogP contribution in [0.1, 0.15) is 26.5 Å². The molecule has 166 valence electrons. The molecule has 3 rings (SSSR count). The fourth-order valence-corrected chi connectivity index (χ4v) is 2.71. The van der Waals surface area contributed by atoms with Crippen LogP contribution in [-0.4, -0.2) is 29.4 Å². The number of alkyl halides is 3. The number of hydrogen-bond donors (Lipinski definition) is 3. The maximum Gasteiger partial charge on any atom is 0.417 e. The van der Waals surface area contributed by atoms with Crippen molar-refractivity contribution in [2.45, 2.75) is 6.18 Å². The van der Waals surface area contributed by atoms with Crippen LogP contribution in [0.4, 0.5) is 13.2 Å². The molecular formula is C21H17F3N4O4. The fourth-order valence-electron chi connectivity index (χ4n) is 2.71. The zero-order valence-electron chi connectivity index (χ0n) is 16.3. The average Bonchev–Trinajstić information content (AvgIpc) is 3.28. The van der Waals surface area contributed by atoms with Gasteiger partial charge in [0.15, 0.2) is 5.76 Å². The summed E-state index contributed by atoms with van der Waals surface area (Å²) in [4.78, 5) is 36.8. The number of rotatable bonds is 4. The Bertz CT molecular complexity index is 1130. The summed E-state index contributed by atoms with van der Waals surface area (Å²) in [5.74, 6) is -3.13. The van der Waals surface area contributed by atoms with Crippen LogP contribution >= 0.6 is 0 Å². The average molecular weight is 446 g/mol. The summed E-state index contributed by atoms with van der Waals surface area (Å²) >= 11 is 0. The van der Waals surface area contributed by atoms with Crippen LogP contribution in [0, 0.1) is 0 Å². The largest absolute Gasteiger partial charge is 0.451 e. The first-order chi connectivity index (χ1) is 15.2. The van der Waals surface area contributed by atoms with E-state index in [4.69, 9.17) is 10.2 Å². The third-order valence-corrected chi connectivity index (χ3v) is 4.21. The van der Waals surface area contributed by atoms with Gasteiger partial charge in [-0.3, -0.25) is 14.4 Å². The summed E-state index contributed by atoms with van der Waals surface area (Å²) in [5, 5.41) is 0.490. The highest BCUT2D eigenvalue weighted by atomic mass is 19.4. The van der Waals surface area contributed by atoms with Crippen LogP contribution in [0.25, 0.3) is 11.3 Å². The predicted octanol–water partition coefficient (Wildman–Crippen LogP) is 2.74. The lowest BCUT2D eigenvalue weighted by molar-refractivity contribution is -0.137. The van der Waals surface area contributed by atoms with Gasteiger partial charge in [-0.05, 0) is 30.3 Å². The molecule has 3 aromatic rings. The molecule has 0 aliphatic heterocycles. The second-order valence-corrected chi connectivity index (χ2v) is 6.39. The van der Waals surface area contributed by atoms with Crippen molar-refractivity contribution in [1.29, 1.82) is 0 Å². The van der Waals surface area contributed by atoms with Crippen LogP contribution in [0.15, 0.2) is 71.1 Å². The monoisotopic (exact) mass is 446 g/mol. The summed E-state index contributed by atoms with van der Waals surface area (Å²) in [6.07, 6.45) is -4.63. The van der Waals surface area contributed by atoms with Crippen molar-refractivity contribution in [2.24, 2.45) is 5.73 Å². The lowest BCUT2D eigenvalue weighted by Gasteiger charge is -2.22. The minimum absolute atomic E-state index is 0.201. The first-order valence-electron chi connectivity index (χ1n) is 9.17. The van der Waals surface area contributed by atoms with Crippen molar-refractivity contribution in [3.05, 3.63) is 83.6 Å². The predicted molar refractivity (Wildman–Crippen MR) is 106 cm³/mol. The van der Waals surface area contributed by atoms with E-state index in [0.29, 0.717) is 5.12 Å². The molecule has 1 aromatic heterocycles. The van der Waals surface area contributed by atoms with Crippen molar-refractivity contribution in [3.8, 4) is 11.3 Å². The number of carbonyl (C=O) groups is 3. The van der Waals surface area contributed by atoms with Gasteiger partial charge in [-0.15, -0.1) is 0 Å². The maximum absolute atomic E-state index is 13.2. The van der Waals surface area contributed by atoms with Gasteiger partial charge < -0.3 is 10.2 Å². The SMILES string of the molecule is NCC(=O)N(NC(=O)c1ccccc1)NC(=O)c1ccc(-c2ccccc2C(F)(F)F)o1. The van der Waals surface area contributed by atoms with E-state index in [0.717, 1.165) is 12.1 Å². The Kier molecular flexibility index (Phi) is 6.59. The van der Waals surface area contributed by atoms with Crippen molar-refractivity contribution < 1.29 is 32.0 Å². The third kappa shape index (κ3) is 5.13. The lowest BCUT2D eigenvalue weighted by Crippen LogP contribution is -2.57. The molecule has 3 amide bonds. The zero-order valence-corrected chi connectivity index (χ0v) is 16.3. The summed E-state index contributed by atoms with van der Waals surface area (Å²) in [7, 11) is 0. The molecule has 0 spiro atoms. The molecule has 0 aliphatic rings. The fraction of sp³-hybridized carbons (Fsp3) is 0.0952. The Morgan fingerprint density at radius 1 is 0.875 bits per heavy atom. The van der Waals surface area contributed by atoms with Gasteiger partial charge in [0.2, 0.25) is 0 Å². The number of nitrogens with one attached hydrogen (secondary N) is 2. The topological polar surface area (TPSA) is 118 Å². The Hall–Kier alpha value is -4.12. The van der Waals surface area contributed by atoms with Gasteiger partial charge in [-0.2, -0.15) is 18.3 Å². The van der Waals surface area contributed by atoms with E-state index in [9.17, 15) is 27.6 Å². The van der Waals surface area contributed by atoms with E-state index in [1.54, 1.807) is 18.2 Å². The molecule has 2 aromatic carbocycles. The quantitative estimate of drug-likeness (QED) is 0.533. The molecule has 0 fully saturated rings. The minimum Gasteiger partial charge on any atom is -0.451 e. The van der Waals surface area contributed by atoms with Crippen LogP contribution in [-0.2, 0) is 11.0 Å². The summed E-state index contributed by atoms with van der Waals surface area (Å²) in [6.45, 7) is -0.544. The first kappa shape index (κ1) is 22.6. The second kappa shape index (κ2) is 9.35. The van der Waals surface area contributed by atoms with E-state index in [2.05, 4.69) is 10.9 Å². The van der Waals surface area contributed by atoms with Gasteiger partial charge in [0.1, 0.15) is 5.76 Å². The van der Waals surface area contributed by atoms with Crippen molar-refractivity contribution >= 4 is 17.7 Å². The Morgan fingerprint density at radius 2 is 1.50 bits per heavy atom. The molecular weight excluding hydrogens is 429 g/mol. The molecule has 0 aliphatic carbocycles. The van der Waals surface area contributed by atoms with Gasteiger partial charge in [-0.1, -0.05) is 36.4 Å². The molecule has 8 nitrogen and oxygen atoms in total. The van der Waals surface area contributed by atoms with Gasteiger partial charge in [0.05, 0.1) is 12.1 Å². The first-order valence-corrected chi connectivity index (χ1v) is 9.17. The molecule has 4 N–H and O–H groups in total. The number of benzene rings is 2. The van der Waals surface area contributed by atoms with E-state index in [-0.39, 0.29) is 22.6 Å². The van der Waals surface area contributed by atoms with Gasteiger partial charge >= 0.3 is 12.1 Å². The van der Waals surface area contributed by atoms with Crippen molar-refractivity contribution in [2.75, 3.05) is 6.54 Å². The second-order valence-electron chi connectivity index (χ2n) is 6.39. The molecule has 0 radical (unpaired) electrons. The molecule has 11 heteroatoms. The van der Waals surface area contributed by atoms with Crippen LogP contribution < -0.4 is 16.6 Å². The number of hydrazine groups is 2. The highest BCUT2D eigenvalue weighted by Crippen LogP contribution is 2.37. The molecule has 0 bridgehead atoms. The molecule has 0 unspecified atom stereocenters. The highest BCUT2D eigenvalue weighted by Gasteiger charge is 2.34. The van der Waals surface area contributed by atoms with Crippen LogP contribution in [0.2, 0.25) is 0 Å². The van der Waals surface area contributed by atoms with Crippen LogP contribution in [0.3, 0.4) is 0 Å². The number of hydrogen-bond acceptors (Lipinski definition) is 5. The van der Waals surface area contributed by atoms with Gasteiger partial charge in [0.25, 0.3) is 11.8 Å². The van der Waals surface area contributed by atoms with Crippen molar-refractivity contribution in [1.82, 2.24) is 16.0 Å². The van der Waals surface area contributed by atoms with Gasteiger partial charge in [-0.25, -0.2) is 10.9 Å². The summed E-state index contributed by atoms with van der Waals surface area (Å²) in [6, 6.07) is 14.9. The van der Waals surface area contributed by atoms with E-state index in [1.165, 1.54) is 36.4 Å². The Labute approximate surface area is 179 Å². The smallest absolute Gasteiger partial charge is 0.417 e. The third-order valence-electron chi connectivity index (χ3n) is 4.21. The molecule has 1 heterocycles. The van der Waals surface area contributed by atoms with E-state index >= 15 is 0 Å². The van der Waals surface area contributed by atoms with Crippen molar-refractivity contribution in [3.63, 3.8) is 0 Å². The molecule has 0 atom stereocenters. The number of carbonyl (C=O) groups excluding carboxylic acids is 3. The molecule has 0 saturated heterocycles. The lowest BCUT2D eigenvalue weighted by atomic mass is 10.1. The summed E-state index contributed by atoms with van der Waals surface area (Å²) < 4.78 is 45.0. The van der Waals surface area contributed by atoms with E-state index < -0.39 is 36.0 Å². The van der Waals surface area contributed by atoms with E-state index in [1.807, 2.05) is 0 Å². The van der Waals surface area contributed by atoms with Crippen LogP contribution in [0.5, 0.6) is 0 Å². The van der Waals surface area contributed by atoms with Gasteiger partial charge in [0, 0.05) is 11.1 Å². The highest BCUT2D eigenvalue weighted by molar-refractivity contribution is 5.97. The minimum atomic E-state index is -4.63. The standard InChI is InChI=1S/C21H17F3N4O4/c22-21(23,24)15-9-5-4-8-14(15)16-10-11-17(32-16)20(31)27-28(18(29)12-25)26-19(30)13-6-2-1-3-7-13/h1-11H,12,25H2,(H,26,30)(H,27,31). The zero-order chi connectivity index (χ0) is 23.3. The maximum atomic E-state index is 13.2. The molecule has 32 heavy (non-hydrogen) atoms. The Morgan fingerprint density at radius 3 is 2.16 bits per heavy atom. The Balaban J connectivity index is 1.79. The number of nitrogens with two attached hydrogens (primary N) is 1.